The van der Waals surface area contributed by atoms with Crippen LogP contribution in [-0.2, 0) is 22.7 Å². The van der Waals surface area contributed by atoms with Crippen molar-refractivity contribution in [2.45, 2.75) is 32.9 Å². The molecule has 0 spiro atoms. The Kier molecular flexibility index (Phi) is 2.88. The monoisotopic (exact) mass is 348 g/mol. The molecule has 6 heteroatoms. The van der Waals surface area contributed by atoms with E-state index in [1.54, 1.807) is 29.7 Å². The second-order valence-corrected chi connectivity index (χ2v) is 6.95. The van der Waals surface area contributed by atoms with Crippen LogP contribution in [0.2, 0.25) is 0 Å². The van der Waals surface area contributed by atoms with Crippen LogP contribution in [-0.4, -0.2) is 20.6 Å². The van der Waals surface area contributed by atoms with E-state index in [2.05, 4.69) is 0 Å². The second kappa shape index (κ2) is 4.94. The molecule has 0 fully saturated rings. The van der Waals surface area contributed by atoms with E-state index in [1.165, 1.54) is 0 Å². The number of aromatic nitrogens is 2. The van der Waals surface area contributed by atoms with E-state index in [0.717, 1.165) is 39.0 Å². The van der Waals surface area contributed by atoms with Crippen molar-refractivity contribution in [3.63, 3.8) is 0 Å². The fraction of sp³-hybridized carbons (Fsp3) is 0.250. The SMILES string of the molecule is Cc1c2c(nc3ccc(O)cc13)-c1cc3c(c(=O)n1C2)COC(=O)[C@H]3C. The van der Waals surface area contributed by atoms with Gasteiger partial charge in [0.2, 0.25) is 0 Å². The smallest absolute Gasteiger partial charge is 0.313 e. The lowest BCUT2D eigenvalue weighted by molar-refractivity contribution is -0.147. The molecule has 0 saturated carbocycles. The number of fused-ring (bicyclic) bond motifs is 5. The van der Waals surface area contributed by atoms with Crippen LogP contribution in [0.5, 0.6) is 5.75 Å². The van der Waals surface area contributed by atoms with E-state index in [9.17, 15) is 14.7 Å². The molecule has 0 unspecified atom stereocenters. The number of carbonyl (C=O) groups is 1. The summed E-state index contributed by atoms with van der Waals surface area (Å²) < 4.78 is 6.84. The summed E-state index contributed by atoms with van der Waals surface area (Å²) in [6, 6.07) is 6.99. The van der Waals surface area contributed by atoms with Crippen LogP contribution < -0.4 is 5.56 Å². The summed E-state index contributed by atoms with van der Waals surface area (Å²) in [7, 11) is 0. The summed E-state index contributed by atoms with van der Waals surface area (Å²) >= 11 is 0. The summed E-state index contributed by atoms with van der Waals surface area (Å²) in [5, 5.41) is 10.7. The molecule has 0 amide bonds. The third-order valence-corrected chi connectivity index (χ3v) is 5.53. The minimum Gasteiger partial charge on any atom is -0.508 e. The Bertz CT molecular complexity index is 1190. The van der Waals surface area contributed by atoms with Crippen LogP contribution in [0.25, 0.3) is 22.3 Å². The lowest BCUT2D eigenvalue weighted by Crippen LogP contribution is -2.31. The third kappa shape index (κ3) is 1.84. The Balaban J connectivity index is 1.82. The molecule has 0 saturated heterocycles. The number of hydrogen-bond acceptors (Lipinski definition) is 5. The van der Waals surface area contributed by atoms with Gasteiger partial charge in [-0.3, -0.25) is 9.59 Å². The van der Waals surface area contributed by atoms with Gasteiger partial charge in [0.05, 0.1) is 34.9 Å². The van der Waals surface area contributed by atoms with Crippen molar-refractivity contribution in [3.05, 3.63) is 56.9 Å². The van der Waals surface area contributed by atoms with E-state index >= 15 is 0 Å². The maximum Gasteiger partial charge on any atom is 0.313 e. The van der Waals surface area contributed by atoms with Crippen LogP contribution >= 0.6 is 0 Å². The van der Waals surface area contributed by atoms with Crippen molar-refractivity contribution < 1.29 is 14.6 Å². The van der Waals surface area contributed by atoms with Gasteiger partial charge >= 0.3 is 5.97 Å². The van der Waals surface area contributed by atoms with Gasteiger partial charge in [-0.2, -0.15) is 0 Å². The number of hydrogen-bond donors (Lipinski definition) is 1. The number of nitrogens with zero attached hydrogens (tertiary/aromatic N) is 2. The Hall–Kier alpha value is -3.15. The number of esters is 1. The molecule has 2 aromatic heterocycles. The number of ether oxygens (including phenoxy) is 1. The van der Waals surface area contributed by atoms with Crippen molar-refractivity contribution >= 4 is 16.9 Å². The number of phenolic OH excluding ortho intramolecular Hbond substituents is 1. The normalized spacial score (nSPS) is 17.6. The summed E-state index contributed by atoms with van der Waals surface area (Å²) in [6.45, 7) is 4.20. The second-order valence-electron chi connectivity index (χ2n) is 6.95. The molecule has 1 aromatic carbocycles. The number of aryl methyl sites for hydroxylation is 1. The van der Waals surface area contributed by atoms with Gasteiger partial charge < -0.3 is 14.4 Å². The summed E-state index contributed by atoms with van der Waals surface area (Å²) in [6.07, 6.45) is 0. The number of benzene rings is 1. The number of carbonyl (C=O) groups excluding carboxylic acids is 1. The van der Waals surface area contributed by atoms with E-state index in [0.29, 0.717) is 12.1 Å². The topological polar surface area (TPSA) is 81.4 Å². The quantitative estimate of drug-likeness (QED) is 0.494. The average Bonchev–Trinajstić information content (AvgIpc) is 2.99. The largest absolute Gasteiger partial charge is 0.508 e. The molecule has 5 rings (SSSR count). The first kappa shape index (κ1) is 15.1. The van der Waals surface area contributed by atoms with E-state index in [4.69, 9.17) is 9.72 Å². The van der Waals surface area contributed by atoms with Gasteiger partial charge in [0.1, 0.15) is 12.4 Å². The Morgan fingerprint density at radius 3 is 2.85 bits per heavy atom. The maximum absolute atomic E-state index is 13.0. The highest BCUT2D eigenvalue weighted by Gasteiger charge is 2.33. The first-order chi connectivity index (χ1) is 12.5. The highest BCUT2D eigenvalue weighted by Crippen LogP contribution is 2.38. The summed E-state index contributed by atoms with van der Waals surface area (Å²) in [5.41, 5.74) is 5.41. The van der Waals surface area contributed by atoms with Crippen LogP contribution in [0.15, 0.2) is 29.1 Å². The minimum absolute atomic E-state index is 0.0240. The number of pyridine rings is 2. The van der Waals surface area contributed by atoms with E-state index in [1.807, 2.05) is 13.0 Å². The van der Waals surface area contributed by atoms with E-state index in [-0.39, 0.29) is 23.9 Å². The molecule has 1 N–H and O–H groups in total. The van der Waals surface area contributed by atoms with Gasteiger partial charge in [0.25, 0.3) is 5.56 Å². The molecule has 130 valence electrons. The molecule has 4 heterocycles. The van der Waals surface area contributed by atoms with Gasteiger partial charge in [-0.05, 0) is 49.2 Å². The number of rotatable bonds is 0. The fourth-order valence-electron chi connectivity index (χ4n) is 4.00. The Morgan fingerprint density at radius 1 is 1.23 bits per heavy atom. The molecule has 0 radical (unpaired) electrons. The molecule has 0 aliphatic carbocycles. The first-order valence-electron chi connectivity index (χ1n) is 8.51. The molecule has 2 aliphatic rings. The van der Waals surface area contributed by atoms with Crippen LogP contribution in [0, 0.1) is 6.92 Å². The zero-order valence-electron chi connectivity index (χ0n) is 14.4. The zero-order chi connectivity index (χ0) is 18.2. The van der Waals surface area contributed by atoms with Gasteiger partial charge in [-0.25, -0.2) is 4.98 Å². The summed E-state index contributed by atoms with van der Waals surface area (Å²) in [4.78, 5) is 29.6. The molecular weight excluding hydrogens is 332 g/mol. The lowest BCUT2D eigenvalue weighted by Gasteiger charge is -2.22. The maximum atomic E-state index is 13.0. The third-order valence-electron chi connectivity index (χ3n) is 5.53. The first-order valence-corrected chi connectivity index (χ1v) is 8.51. The molecular formula is C20H16N2O4. The van der Waals surface area contributed by atoms with Crippen molar-refractivity contribution in [1.29, 1.82) is 0 Å². The number of cyclic esters (lactones) is 1. The predicted molar refractivity (Wildman–Crippen MR) is 95.2 cm³/mol. The lowest BCUT2D eigenvalue weighted by atomic mass is 9.94. The van der Waals surface area contributed by atoms with Crippen molar-refractivity contribution in [1.82, 2.24) is 9.55 Å². The Labute approximate surface area is 148 Å². The van der Waals surface area contributed by atoms with Crippen molar-refractivity contribution in [2.24, 2.45) is 0 Å². The van der Waals surface area contributed by atoms with Crippen LogP contribution in [0.3, 0.4) is 0 Å². The van der Waals surface area contributed by atoms with Crippen molar-refractivity contribution in [3.8, 4) is 17.1 Å². The summed E-state index contributed by atoms with van der Waals surface area (Å²) in [5.74, 6) is -0.576. The van der Waals surface area contributed by atoms with Crippen molar-refractivity contribution in [2.75, 3.05) is 0 Å². The zero-order valence-corrected chi connectivity index (χ0v) is 14.4. The average molecular weight is 348 g/mol. The van der Waals surface area contributed by atoms with E-state index < -0.39 is 5.92 Å². The highest BCUT2D eigenvalue weighted by atomic mass is 16.5. The minimum atomic E-state index is -0.458. The van der Waals surface area contributed by atoms with Gasteiger partial charge in [-0.15, -0.1) is 0 Å². The Morgan fingerprint density at radius 2 is 2.04 bits per heavy atom. The molecule has 26 heavy (non-hydrogen) atoms. The molecule has 0 bridgehead atoms. The molecule has 1 atom stereocenters. The standard InChI is InChI=1S/C20H16N2O4/c1-9-13-5-11(23)3-4-16(13)21-18-14(9)7-22-17(18)6-12-10(2)20(25)26-8-15(12)19(22)24/h3-6,10,23H,7-8H2,1-2H3/t10-/m0/s1. The molecule has 2 aliphatic heterocycles. The highest BCUT2D eigenvalue weighted by molar-refractivity contribution is 5.89. The molecule has 3 aromatic rings. The molecule has 6 nitrogen and oxygen atoms in total. The fourth-order valence-corrected chi connectivity index (χ4v) is 4.00. The van der Waals surface area contributed by atoms with Gasteiger partial charge in [0.15, 0.2) is 0 Å². The predicted octanol–water partition coefficient (Wildman–Crippen LogP) is 2.60. The number of phenols is 1. The number of aromatic hydroxyl groups is 1. The van der Waals surface area contributed by atoms with Gasteiger partial charge in [-0.1, -0.05) is 0 Å². The van der Waals surface area contributed by atoms with Gasteiger partial charge in [0, 0.05) is 10.9 Å². The van der Waals surface area contributed by atoms with Crippen LogP contribution in [0.1, 0.15) is 35.1 Å². The van der Waals surface area contributed by atoms with Crippen LogP contribution in [0.4, 0.5) is 0 Å².